The second-order valence-corrected chi connectivity index (χ2v) is 4.73. The predicted octanol–water partition coefficient (Wildman–Crippen LogP) is 1.02. The summed E-state index contributed by atoms with van der Waals surface area (Å²) >= 11 is 0. The van der Waals surface area contributed by atoms with E-state index in [0.29, 0.717) is 25.3 Å². The van der Waals surface area contributed by atoms with Gasteiger partial charge in [0, 0.05) is 25.3 Å². The normalized spacial score (nSPS) is 17.8. The highest BCUT2D eigenvalue weighted by atomic mass is 16.2. The van der Waals surface area contributed by atoms with E-state index in [1.807, 2.05) is 32.0 Å². The van der Waals surface area contributed by atoms with Crippen molar-refractivity contribution in [1.82, 2.24) is 9.80 Å². The van der Waals surface area contributed by atoms with Crippen molar-refractivity contribution in [2.75, 3.05) is 25.4 Å². The van der Waals surface area contributed by atoms with Gasteiger partial charge in [0.1, 0.15) is 0 Å². The van der Waals surface area contributed by atoms with Crippen LogP contribution in [0.25, 0.3) is 0 Å². The summed E-state index contributed by atoms with van der Waals surface area (Å²) in [6.07, 6.45) is 0. The Kier molecular flexibility index (Phi) is 3.74. The van der Waals surface area contributed by atoms with E-state index < -0.39 is 11.8 Å². The molecule has 1 aliphatic rings. The molecule has 0 bridgehead atoms. The minimum Gasteiger partial charge on any atom is -0.399 e. The second-order valence-electron chi connectivity index (χ2n) is 4.73. The van der Waals surface area contributed by atoms with Gasteiger partial charge in [-0.2, -0.15) is 0 Å². The zero-order valence-corrected chi connectivity index (χ0v) is 11.3. The molecule has 1 fully saturated rings. The van der Waals surface area contributed by atoms with Crippen molar-refractivity contribution in [2.24, 2.45) is 0 Å². The van der Waals surface area contributed by atoms with Gasteiger partial charge in [-0.05, 0) is 31.5 Å². The first-order chi connectivity index (χ1) is 9.04. The number of nitrogens with zero attached hydrogens (tertiary/aromatic N) is 2. The lowest BCUT2D eigenvalue weighted by atomic mass is 10.0. The number of anilines is 1. The molecule has 0 aromatic heterocycles. The largest absolute Gasteiger partial charge is 0.399 e. The first-order valence-electron chi connectivity index (χ1n) is 6.50. The van der Waals surface area contributed by atoms with Gasteiger partial charge in [-0.25, -0.2) is 0 Å². The lowest BCUT2D eigenvalue weighted by Crippen LogP contribution is -2.54. The van der Waals surface area contributed by atoms with Crippen LogP contribution in [0.4, 0.5) is 5.69 Å². The van der Waals surface area contributed by atoms with Gasteiger partial charge in [0.05, 0.1) is 6.04 Å². The van der Waals surface area contributed by atoms with E-state index in [9.17, 15) is 9.59 Å². The van der Waals surface area contributed by atoms with E-state index in [1.54, 1.807) is 15.9 Å². The number of carbonyl (C=O) groups is 2. The molecule has 0 spiro atoms. The average Bonchev–Trinajstić information content (AvgIpc) is 2.41. The molecule has 2 rings (SSSR count). The molecular formula is C14H19N3O2. The van der Waals surface area contributed by atoms with Gasteiger partial charge in [0.25, 0.3) is 0 Å². The third kappa shape index (κ3) is 2.54. The lowest BCUT2D eigenvalue weighted by Gasteiger charge is -2.37. The van der Waals surface area contributed by atoms with Crippen LogP contribution >= 0.6 is 0 Å². The van der Waals surface area contributed by atoms with Crippen molar-refractivity contribution < 1.29 is 9.59 Å². The topological polar surface area (TPSA) is 66.6 Å². The number of rotatable bonds is 3. The number of carbonyl (C=O) groups excluding carboxylic acids is 2. The van der Waals surface area contributed by atoms with Gasteiger partial charge in [0.15, 0.2) is 0 Å². The maximum absolute atomic E-state index is 12.1. The average molecular weight is 261 g/mol. The fourth-order valence-corrected chi connectivity index (χ4v) is 2.36. The molecular weight excluding hydrogens is 242 g/mol. The van der Waals surface area contributed by atoms with E-state index >= 15 is 0 Å². The van der Waals surface area contributed by atoms with Gasteiger partial charge < -0.3 is 15.5 Å². The van der Waals surface area contributed by atoms with Gasteiger partial charge in [-0.3, -0.25) is 9.59 Å². The molecule has 1 heterocycles. The van der Waals surface area contributed by atoms with Crippen molar-refractivity contribution in [3.63, 3.8) is 0 Å². The highest BCUT2D eigenvalue weighted by Crippen LogP contribution is 2.24. The minimum absolute atomic E-state index is 0.140. The summed E-state index contributed by atoms with van der Waals surface area (Å²) < 4.78 is 0. The Balaban J connectivity index is 2.18. The number of hydrogen-bond acceptors (Lipinski definition) is 3. The summed E-state index contributed by atoms with van der Waals surface area (Å²) in [7, 11) is 0. The van der Waals surface area contributed by atoms with Gasteiger partial charge in [-0.15, -0.1) is 0 Å². The Bertz CT molecular complexity index is 501. The van der Waals surface area contributed by atoms with Gasteiger partial charge in [-0.1, -0.05) is 12.1 Å². The number of benzene rings is 1. The van der Waals surface area contributed by atoms with E-state index in [4.69, 9.17) is 5.73 Å². The number of nitrogen functional groups attached to an aromatic ring is 1. The zero-order chi connectivity index (χ0) is 14.0. The minimum atomic E-state index is -0.428. The highest BCUT2D eigenvalue weighted by molar-refractivity contribution is 6.35. The smallest absolute Gasteiger partial charge is 0.312 e. The molecule has 1 aromatic carbocycles. The molecule has 1 aliphatic heterocycles. The monoisotopic (exact) mass is 261 g/mol. The molecule has 1 aromatic rings. The van der Waals surface area contributed by atoms with E-state index in [0.717, 1.165) is 5.56 Å². The third-order valence-electron chi connectivity index (χ3n) is 3.58. The molecule has 5 nitrogen and oxygen atoms in total. The fraction of sp³-hybridized carbons (Fsp3) is 0.429. The van der Waals surface area contributed by atoms with Crippen LogP contribution in [0.5, 0.6) is 0 Å². The molecule has 0 saturated carbocycles. The van der Waals surface area contributed by atoms with Crippen molar-refractivity contribution >= 4 is 17.5 Å². The third-order valence-corrected chi connectivity index (χ3v) is 3.58. The van der Waals surface area contributed by atoms with E-state index in [1.165, 1.54) is 0 Å². The van der Waals surface area contributed by atoms with E-state index in [-0.39, 0.29) is 6.04 Å². The summed E-state index contributed by atoms with van der Waals surface area (Å²) in [6.45, 7) is 5.52. The highest BCUT2D eigenvalue weighted by Gasteiger charge is 2.34. The first-order valence-corrected chi connectivity index (χ1v) is 6.50. The van der Waals surface area contributed by atoms with Crippen molar-refractivity contribution in [3.8, 4) is 0 Å². The molecule has 19 heavy (non-hydrogen) atoms. The van der Waals surface area contributed by atoms with Crippen LogP contribution in [0, 0.1) is 0 Å². The number of likely N-dealkylation sites (N-methyl/N-ethyl adjacent to an activating group) is 1. The van der Waals surface area contributed by atoms with Crippen molar-refractivity contribution in [3.05, 3.63) is 29.8 Å². The number of hydrogen-bond donors (Lipinski definition) is 1. The Hall–Kier alpha value is -2.04. The molecule has 0 aliphatic carbocycles. The van der Waals surface area contributed by atoms with Crippen LogP contribution in [-0.2, 0) is 9.59 Å². The van der Waals surface area contributed by atoms with Crippen LogP contribution in [0.2, 0.25) is 0 Å². The SMILES string of the molecule is CCN1CCN(C(C)c2cccc(N)c2)C(=O)C1=O. The first kappa shape index (κ1) is 13.4. The summed E-state index contributed by atoms with van der Waals surface area (Å²) in [4.78, 5) is 27.2. The standard InChI is InChI=1S/C14H19N3O2/c1-3-16-7-8-17(14(19)13(16)18)10(2)11-5-4-6-12(15)9-11/h4-6,9-10H,3,7-8,15H2,1-2H3. The zero-order valence-electron chi connectivity index (χ0n) is 11.3. The van der Waals surface area contributed by atoms with Gasteiger partial charge in [0.2, 0.25) is 0 Å². The molecule has 1 atom stereocenters. The summed E-state index contributed by atoms with van der Waals surface area (Å²) in [5, 5.41) is 0. The van der Waals surface area contributed by atoms with Crippen molar-refractivity contribution in [1.29, 1.82) is 0 Å². The van der Waals surface area contributed by atoms with Crippen LogP contribution in [0.1, 0.15) is 25.5 Å². The second kappa shape index (κ2) is 5.30. The van der Waals surface area contributed by atoms with Crippen LogP contribution in [0.3, 0.4) is 0 Å². The predicted molar refractivity (Wildman–Crippen MR) is 73.2 cm³/mol. The summed E-state index contributed by atoms with van der Waals surface area (Å²) in [5.41, 5.74) is 7.37. The van der Waals surface area contributed by atoms with Crippen LogP contribution in [0.15, 0.2) is 24.3 Å². The van der Waals surface area contributed by atoms with Crippen LogP contribution in [-0.4, -0.2) is 41.2 Å². The maximum atomic E-state index is 12.1. The number of piperazine rings is 1. The lowest BCUT2D eigenvalue weighted by molar-refractivity contribution is -0.157. The molecule has 1 unspecified atom stereocenters. The van der Waals surface area contributed by atoms with Gasteiger partial charge >= 0.3 is 11.8 Å². The van der Waals surface area contributed by atoms with E-state index in [2.05, 4.69) is 0 Å². The fourth-order valence-electron chi connectivity index (χ4n) is 2.36. The van der Waals surface area contributed by atoms with Crippen LogP contribution < -0.4 is 5.73 Å². The molecule has 2 N–H and O–H groups in total. The number of nitrogens with two attached hydrogens (primary N) is 1. The Morgan fingerprint density at radius 3 is 2.63 bits per heavy atom. The Labute approximate surface area is 113 Å². The molecule has 2 amide bonds. The quantitative estimate of drug-likeness (QED) is 0.652. The molecule has 0 radical (unpaired) electrons. The summed E-state index contributed by atoms with van der Waals surface area (Å²) in [5.74, 6) is -0.840. The van der Waals surface area contributed by atoms with Crippen molar-refractivity contribution in [2.45, 2.75) is 19.9 Å². The molecule has 5 heteroatoms. The molecule has 102 valence electrons. The Morgan fingerprint density at radius 2 is 2.00 bits per heavy atom. The Morgan fingerprint density at radius 1 is 1.26 bits per heavy atom. The maximum Gasteiger partial charge on any atom is 0.312 e. The summed E-state index contributed by atoms with van der Waals surface area (Å²) in [6, 6.07) is 7.28. The molecule has 1 saturated heterocycles. The number of amides is 2.